The molecule has 6 aliphatic rings. The van der Waals surface area contributed by atoms with Crippen molar-refractivity contribution in [1.82, 2.24) is 40.4 Å². The number of H-pyrrole nitrogens is 2. The number of aromatic amines is 2. The molecule has 3 saturated heterocycles. The van der Waals surface area contributed by atoms with Crippen LogP contribution >= 0.6 is 0 Å². The quantitative estimate of drug-likeness (QED) is 0.119. The van der Waals surface area contributed by atoms with Gasteiger partial charge in [-0.05, 0) is 96.8 Å². The van der Waals surface area contributed by atoms with Gasteiger partial charge in [0.25, 0.3) is 0 Å². The largest absolute Gasteiger partial charge is 0.453 e. The van der Waals surface area contributed by atoms with Gasteiger partial charge in [0.2, 0.25) is 17.7 Å². The molecule has 6 fully saturated rings. The number of alkyl halides is 2. The zero-order valence-electron chi connectivity index (χ0n) is 36.8. The second-order valence-corrected chi connectivity index (χ2v) is 19.0. The topological polar surface area (TPSA) is 184 Å². The third-order valence-electron chi connectivity index (χ3n) is 15.2. The Balaban J connectivity index is 0.808. The number of halogens is 2. The van der Waals surface area contributed by atoms with Gasteiger partial charge in [0.1, 0.15) is 23.7 Å². The molecule has 3 saturated carbocycles. The highest BCUT2D eigenvalue weighted by Gasteiger charge is 2.62. The lowest BCUT2D eigenvalue weighted by Gasteiger charge is -2.37. The summed E-state index contributed by atoms with van der Waals surface area (Å²) in [6.07, 6.45) is 5.72. The second-order valence-electron chi connectivity index (χ2n) is 19.0. The number of methoxy groups -OCH3 is 2. The Morgan fingerprint density at radius 1 is 0.708 bits per heavy atom. The zero-order valence-corrected chi connectivity index (χ0v) is 36.8. The average molecular weight is 895 g/mol. The van der Waals surface area contributed by atoms with Crippen molar-refractivity contribution in [2.24, 2.45) is 29.6 Å². The van der Waals surface area contributed by atoms with Gasteiger partial charge in [-0.15, -0.1) is 0 Å². The summed E-state index contributed by atoms with van der Waals surface area (Å²) >= 11 is 0. The number of fused-ring (bicyclic) bond motifs is 2. The van der Waals surface area contributed by atoms with E-state index >= 15 is 0 Å². The number of hydrogen-bond acceptors (Lipinski definition) is 9. The summed E-state index contributed by atoms with van der Waals surface area (Å²) in [5.74, 6) is -1.20. The molecule has 4 aromatic rings. The fourth-order valence-corrected chi connectivity index (χ4v) is 11.4. The Kier molecular flexibility index (Phi) is 11.4. The standard InChI is InChI=1S/C48H56F2N8O7/c1-25-33-22-38(58(41(25)33)45(60)39(55-46(61)63-2)30-12-16-48(49,50)17-13-30)43-52-24-35(54-43)29-10-6-27(7-11-29)26-4-8-28(9-5-26)34-23-51-42(53-34)37-21-32-20-36(32)57(37)44(59)40(56-47(62)64-3)31-14-18-65-19-15-31/h4-11,23-25,30-33,36-41H,12-22H2,1-3H3,(H,51,53)(H,52,54)(H,55,61)(H,56,62)/t25-,32-,33+,36-,37+,38+,39+,40+,41-/m1/s1. The van der Waals surface area contributed by atoms with Crippen LogP contribution in [0, 0.1) is 29.6 Å². The van der Waals surface area contributed by atoms with E-state index in [2.05, 4.69) is 51.8 Å². The molecule has 3 aliphatic carbocycles. The molecule has 2 aromatic carbocycles. The number of alkyl carbamates (subject to hydrolysis) is 2. The maximum absolute atomic E-state index is 14.4. The number of nitrogens with one attached hydrogen (secondary N) is 4. The third-order valence-corrected chi connectivity index (χ3v) is 15.2. The number of imidazole rings is 2. The summed E-state index contributed by atoms with van der Waals surface area (Å²) in [5.41, 5.74) is 5.59. The minimum Gasteiger partial charge on any atom is -0.453 e. The van der Waals surface area contributed by atoms with Gasteiger partial charge in [-0.2, -0.15) is 0 Å². The van der Waals surface area contributed by atoms with E-state index in [0.29, 0.717) is 49.6 Å². The van der Waals surface area contributed by atoms with Crippen LogP contribution in [0.1, 0.15) is 88.4 Å². The third kappa shape index (κ3) is 8.36. The molecule has 5 heterocycles. The molecular weight excluding hydrogens is 839 g/mol. The van der Waals surface area contributed by atoms with Crippen LogP contribution in [0.5, 0.6) is 0 Å². The SMILES string of the molecule is COC(=O)N[C@H](C(=O)N1[C@@H]2[C@H](C)[C@@H]2C[C@H]1c1ncc(-c2ccc(-c3ccc(-c4cnc([C@@H]5C[C@H]6C[C@H]6N5C(=O)[C@@H](NC(=O)OC)C5CCOCC5)[nH]4)cc3)cc2)[nH]1)C1CCC(F)(F)CC1. The Morgan fingerprint density at radius 2 is 1.18 bits per heavy atom. The second kappa shape index (κ2) is 17.2. The number of nitrogens with zero attached hydrogens (tertiary/aromatic N) is 4. The monoisotopic (exact) mass is 894 g/mol. The van der Waals surface area contributed by atoms with Gasteiger partial charge in [0, 0.05) is 38.1 Å². The lowest BCUT2D eigenvalue weighted by molar-refractivity contribution is -0.139. The number of likely N-dealkylation sites (tertiary alicyclic amines) is 2. The Labute approximate surface area is 375 Å². The molecule has 10 rings (SSSR count). The van der Waals surface area contributed by atoms with Crippen molar-refractivity contribution in [3.8, 4) is 33.6 Å². The van der Waals surface area contributed by atoms with Crippen LogP contribution in [0.3, 0.4) is 0 Å². The van der Waals surface area contributed by atoms with Gasteiger partial charge < -0.3 is 44.6 Å². The molecule has 17 heteroatoms. The Morgan fingerprint density at radius 3 is 1.71 bits per heavy atom. The van der Waals surface area contributed by atoms with Crippen molar-refractivity contribution in [2.75, 3.05) is 27.4 Å². The number of ether oxygens (including phenoxy) is 3. The summed E-state index contributed by atoms with van der Waals surface area (Å²) in [4.78, 5) is 73.7. The average Bonchev–Trinajstić information content (AvgIpc) is 3.79. The van der Waals surface area contributed by atoms with Gasteiger partial charge in [0.15, 0.2) is 0 Å². The molecule has 15 nitrogen and oxygen atoms in total. The first-order chi connectivity index (χ1) is 31.4. The molecule has 0 radical (unpaired) electrons. The van der Waals surface area contributed by atoms with Crippen LogP contribution in [0.2, 0.25) is 0 Å². The summed E-state index contributed by atoms with van der Waals surface area (Å²) in [6, 6.07) is 14.3. The smallest absolute Gasteiger partial charge is 0.407 e. The van der Waals surface area contributed by atoms with Crippen molar-refractivity contribution in [1.29, 1.82) is 0 Å². The number of benzene rings is 2. The Bertz CT molecular complexity index is 2410. The number of piperidine rings is 2. The van der Waals surface area contributed by atoms with Crippen LogP contribution < -0.4 is 10.6 Å². The minimum absolute atomic E-state index is 0.00800. The van der Waals surface area contributed by atoms with Gasteiger partial charge in [-0.1, -0.05) is 55.5 Å². The normalized spacial score (nSPS) is 27.9. The minimum atomic E-state index is -2.77. The summed E-state index contributed by atoms with van der Waals surface area (Å²) in [5, 5.41) is 5.55. The van der Waals surface area contributed by atoms with Crippen molar-refractivity contribution in [3.63, 3.8) is 0 Å². The van der Waals surface area contributed by atoms with Crippen LogP contribution in [-0.2, 0) is 23.8 Å². The van der Waals surface area contributed by atoms with Crippen LogP contribution in [0.25, 0.3) is 33.6 Å². The first-order valence-corrected chi connectivity index (χ1v) is 23.0. The van der Waals surface area contributed by atoms with E-state index in [9.17, 15) is 28.0 Å². The van der Waals surface area contributed by atoms with Crippen LogP contribution in [-0.4, -0.2) is 111 Å². The molecule has 0 spiro atoms. The molecule has 0 bridgehead atoms. The zero-order chi connectivity index (χ0) is 45.1. The highest BCUT2D eigenvalue weighted by molar-refractivity contribution is 5.88. The lowest BCUT2D eigenvalue weighted by atomic mass is 9.81. The predicted octanol–water partition coefficient (Wildman–Crippen LogP) is 7.40. The maximum atomic E-state index is 14.4. The van der Waals surface area contributed by atoms with E-state index in [1.165, 1.54) is 14.2 Å². The fourth-order valence-electron chi connectivity index (χ4n) is 11.4. The van der Waals surface area contributed by atoms with E-state index in [-0.39, 0.29) is 67.6 Å². The molecule has 4 amide bonds. The van der Waals surface area contributed by atoms with Gasteiger partial charge in [-0.25, -0.2) is 28.3 Å². The van der Waals surface area contributed by atoms with Crippen molar-refractivity contribution in [2.45, 2.75) is 107 Å². The number of amides is 4. The molecule has 3 aliphatic heterocycles. The summed E-state index contributed by atoms with van der Waals surface area (Å²) in [6.45, 7) is 3.22. The van der Waals surface area contributed by atoms with Crippen molar-refractivity contribution < 1.29 is 42.2 Å². The summed E-state index contributed by atoms with van der Waals surface area (Å²) < 4.78 is 43.5. The first-order valence-electron chi connectivity index (χ1n) is 23.0. The first kappa shape index (κ1) is 43.1. The molecular formula is C48H56F2N8O7. The van der Waals surface area contributed by atoms with E-state index < -0.39 is 36.1 Å². The van der Waals surface area contributed by atoms with E-state index in [1.54, 1.807) is 6.20 Å². The molecule has 4 N–H and O–H groups in total. The number of hydrogen-bond donors (Lipinski definition) is 4. The Hall–Kier alpha value is -5.84. The number of carbonyl (C=O) groups excluding carboxylic acids is 4. The molecule has 65 heavy (non-hydrogen) atoms. The lowest BCUT2D eigenvalue weighted by Crippen LogP contribution is -2.54. The molecule has 2 aromatic heterocycles. The number of rotatable bonds is 11. The highest BCUT2D eigenvalue weighted by Crippen LogP contribution is 2.58. The highest BCUT2D eigenvalue weighted by atomic mass is 19.3. The van der Waals surface area contributed by atoms with E-state index in [4.69, 9.17) is 24.2 Å². The van der Waals surface area contributed by atoms with Gasteiger partial charge in [0.05, 0.1) is 50.1 Å². The van der Waals surface area contributed by atoms with E-state index in [1.807, 2.05) is 40.3 Å². The number of carbonyl (C=O) groups is 4. The molecule has 9 atom stereocenters. The van der Waals surface area contributed by atoms with Crippen LogP contribution in [0.15, 0.2) is 60.9 Å². The maximum Gasteiger partial charge on any atom is 0.407 e. The van der Waals surface area contributed by atoms with Crippen molar-refractivity contribution >= 4 is 24.0 Å². The summed E-state index contributed by atoms with van der Waals surface area (Å²) in [7, 11) is 2.54. The van der Waals surface area contributed by atoms with Crippen LogP contribution in [0.4, 0.5) is 18.4 Å². The predicted molar refractivity (Wildman–Crippen MR) is 233 cm³/mol. The van der Waals surface area contributed by atoms with Gasteiger partial charge >= 0.3 is 12.2 Å². The van der Waals surface area contributed by atoms with E-state index in [0.717, 1.165) is 58.7 Å². The molecule has 0 unspecified atom stereocenters. The van der Waals surface area contributed by atoms with Gasteiger partial charge in [-0.3, -0.25) is 9.59 Å². The number of aromatic nitrogens is 4. The van der Waals surface area contributed by atoms with Crippen molar-refractivity contribution in [3.05, 3.63) is 72.6 Å². The molecule has 344 valence electrons. The fraction of sp³-hybridized carbons (Fsp3) is 0.542.